The van der Waals surface area contributed by atoms with Crippen LogP contribution in [0.25, 0.3) is 11.0 Å². The van der Waals surface area contributed by atoms with Crippen LogP contribution >= 0.6 is 11.6 Å². The molecule has 0 saturated heterocycles. The van der Waals surface area contributed by atoms with Crippen molar-refractivity contribution < 1.29 is 4.79 Å². The van der Waals surface area contributed by atoms with Crippen LogP contribution in [0.2, 0.25) is 5.15 Å². The number of amides is 1. The summed E-state index contributed by atoms with van der Waals surface area (Å²) in [6.07, 6.45) is 8.00. The summed E-state index contributed by atoms with van der Waals surface area (Å²) in [6, 6.07) is 7.64. The van der Waals surface area contributed by atoms with Crippen molar-refractivity contribution in [3.05, 3.63) is 35.1 Å². The van der Waals surface area contributed by atoms with Gasteiger partial charge in [-0.3, -0.25) is 4.79 Å². The summed E-state index contributed by atoms with van der Waals surface area (Å²) in [5, 5.41) is 3.41. The Bertz CT molecular complexity index is 845. The highest BCUT2D eigenvalue weighted by Gasteiger charge is 2.53. The molecule has 4 fully saturated rings. The zero-order valence-corrected chi connectivity index (χ0v) is 15.8. The second-order valence-corrected chi connectivity index (χ2v) is 9.18. The lowest BCUT2D eigenvalue weighted by Crippen LogP contribution is -2.55. The summed E-state index contributed by atoms with van der Waals surface area (Å²) in [6.45, 7) is 2.17. The largest absolute Gasteiger partial charge is 0.348 e. The van der Waals surface area contributed by atoms with Gasteiger partial charge in [-0.15, -0.1) is 0 Å². The molecule has 0 radical (unpaired) electrons. The van der Waals surface area contributed by atoms with E-state index in [0.29, 0.717) is 11.0 Å². The van der Waals surface area contributed by atoms with Gasteiger partial charge >= 0.3 is 0 Å². The molecule has 4 bridgehead atoms. The number of aromatic nitrogens is 2. The SMILES string of the molecule is CC(NC(=O)c1nc2ccccc2nc1Cl)C12CC3CC(CC(C3)C1)C2. The summed E-state index contributed by atoms with van der Waals surface area (Å²) in [5.41, 5.74) is 1.91. The third kappa shape index (κ3) is 2.61. The number of rotatable bonds is 3. The third-order valence-electron chi connectivity index (χ3n) is 7.09. The number of nitrogens with zero attached hydrogens (tertiary/aromatic N) is 2. The molecule has 1 atom stereocenters. The van der Waals surface area contributed by atoms with Crippen molar-refractivity contribution in [2.75, 3.05) is 0 Å². The molecule has 136 valence electrons. The predicted octanol–water partition coefficient (Wildman–Crippen LogP) is 4.62. The Morgan fingerprint density at radius 3 is 2.19 bits per heavy atom. The van der Waals surface area contributed by atoms with Crippen LogP contribution in [-0.4, -0.2) is 21.9 Å². The van der Waals surface area contributed by atoms with Crippen molar-refractivity contribution >= 4 is 28.5 Å². The zero-order chi connectivity index (χ0) is 17.9. The number of halogens is 1. The minimum atomic E-state index is -0.198. The summed E-state index contributed by atoms with van der Waals surface area (Å²) < 4.78 is 0. The van der Waals surface area contributed by atoms with Crippen LogP contribution < -0.4 is 5.32 Å². The van der Waals surface area contributed by atoms with Gasteiger partial charge in [-0.05, 0) is 80.8 Å². The molecule has 1 N–H and O–H groups in total. The van der Waals surface area contributed by atoms with E-state index < -0.39 is 0 Å². The van der Waals surface area contributed by atoms with Gasteiger partial charge in [0.1, 0.15) is 0 Å². The molecule has 6 rings (SSSR count). The van der Waals surface area contributed by atoms with Crippen molar-refractivity contribution in [1.29, 1.82) is 0 Å². The molecule has 1 unspecified atom stereocenters. The summed E-state index contributed by atoms with van der Waals surface area (Å²) >= 11 is 6.27. The maximum absolute atomic E-state index is 12.9. The lowest BCUT2D eigenvalue weighted by molar-refractivity contribution is -0.0688. The minimum Gasteiger partial charge on any atom is -0.348 e. The van der Waals surface area contributed by atoms with Crippen LogP contribution in [0.3, 0.4) is 0 Å². The average Bonchev–Trinajstić information content (AvgIpc) is 2.59. The molecule has 0 spiro atoms. The Morgan fingerprint density at radius 2 is 1.62 bits per heavy atom. The van der Waals surface area contributed by atoms with Crippen LogP contribution in [0, 0.1) is 23.2 Å². The zero-order valence-electron chi connectivity index (χ0n) is 15.0. The molecular weight excluding hydrogens is 346 g/mol. The lowest BCUT2D eigenvalue weighted by atomic mass is 9.48. The van der Waals surface area contributed by atoms with E-state index in [1.165, 1.54) is 38.5 Å². The van der Waals surface area contributed by atoms with Gasteiger partial charge in [0.05, 0.1) is 11.0 Å². The lowest BCUT2D eigenvalue weighted by Gasteiger charge is -2.59. The molecule has 1 heterocycles. The molecule has 1 amide bonds. The number of fused-ring (bicyclic) bond motifs is 1. The second-order valence-electron chi connectivity index (χ2n) is 8.83. The van der Waals surface area contributed by atoms with Crippen LogP contribution in [-0.2, 0) is 0 Å². The fraction of sp³-hybridized carbons (Fsp3) is 0.571. The molecule has 5 heteroatoms. The molecule has 4 aliphatic rings. The summed E-state index contributed by atoms with van der Waals surface area (Å²) in [5.74, 6) is 2.40. The number of nitrogens with one attached hydrogen (secondary N) is 1. The van der Waals surface area contributed by atoms with Crippen LogP contribution in [0.5, 0.6) is 0 Å². The Morgan fingerprint density at radius 1 is 1.08 bits per heavy atom. The first-order valence-electron chi connectivity index (χ1n) is 9.75. The highest BCUT2D eigenvalue weighted by Crippen LogP contribution is 2.61. The van der Waals surface area contributed by atoms with E-state index in [0.717, 1.165) is 17.8 Å². The maximum Gasteiger partial charge on any atom is 0.273 e. The third-order valence-corrected chi connectivity index (χ3v) is 7.36. The van der Waals surface area contributed by atoms with E-state index in [-0.39, 0.29) is 28.2 Å². The Labute approximate surface area is 158 Å². The van der Waals surface area contributed by atoms with E-state index in [4.69, 9.17) is 11.6 Å². The molecule has 1 aromatic heterocycles. The highest BCUT2D eigenvalue weighted by atomic mass is 35.5. The molecule has 4 aliphatic carbocycles. The topological polar surface area (TPSA) is 54.9 Å². The van der Waals surface area contributed by atoms with Gasteiger partial charge in [-0.2, -0.15) is 0 Å². The molecular formula is C21H24ClN3O. The molecule has 1 aromatic carbocycles. The minimum absolute atomic E-state index is 0.146. The first kappa shape index (κ1) is 16.5. The quantitative estimate of drug-likeness (QED) is 0.858. The number of carbonyl (C=O) groups is 1. The number of para-hydroxylation sites is 2. The van der Waals surface area contributed by atoms with Gasteiger partial charge in [0, 0.05) is 6.04 Å². The normalized spacial score (nSPS) is 33.4. The van der Waals surface area contributed by atoms with Gasteiger partial charge in [0.2, 0.25) is 0 Å². The van der Waals surface area contributed by atoms with Gasteiger partial charge in [-0.25, -0.2) is 9.97 Å². The number of benzene rings is 1. The Hall–Kier alpha value is -1.68. The van der Waals surface area contributed by atoms with Crippen LogP contribution in [0.15, 0.2) is 24.3 Å². The first-order valence-corrected chi connectivity index (χ1v) is 10.1. The molecule has 4 nitrogen and oxygen atoms in total. The summed E-state index contributed by atoms with van der Waals surface area (Å²) in [7, 11) is 0. The highest BCUT2D eigenvalue weighted by molar-refractivity contribution is 6.32. The maximum atomic E-state index is 12.9. The van der Waals surface area contributed by atoms with Crippen molar-refractivity contribution in [2.45, 2.75) is 51.5 Å². The second kappa shape index (κ2) is 5.91. The first-order chi connectivity index (χ1) is 12.5. The molecule has 26 heavy (non-hydrogen) atoms. The van der Waals surface area contributed by atoms with Crippen molar-refractivity contribution in [3.63, 3.8) is 0 Å². The number of hydrogen-bond donors (Lipinski definition) is 1. The van der Waals surface area contributed by atoms with E-state index in [2.05, 4.69) is 22.2 Å². The van der Waals surface area contributed by atoms with E-state index in [1.54, 1.807) is 0 Å². The van der Waals surface area contributed by atoms with E-state index >= 15 is 0 Å². The molecule has 4 saturated carbocycles. The van der Waals surface area contributed by atoms with Crippen molar-refractivity contribution in [2.24, 2.45) is 23.2 Å². The number of hydrogen-bond acceptors (Lipinski definition) is 3. The summed E-state index contributed by atoms with van der Waals surface area (Å²) in [4.78, 5) is 21.7. The van der Waals surface area contributed by atoms with Gasteiger partial charge in [0.25, 0.3) is 5.91 Å². The van der Waals surface area contributed by atoms with Crippen LogP contribution in [0.1, 0.15) is 55.9 Å². The van der Waals surface area contributed by atoms with Gasteiger partial charge in [0.15, 0.2) is 10.8 Å². The average molecular weight is 370 g/mol. The van der Waals surface area contributed by atoms with Gasteiger partial charge in [-0.1, -0.05) is 23.7 Å². The van der Waals surface area contributed by atoms with E-state index in [9.17, 15) is 4.79 Å². The number of carbonyl (C=O) groups excluding carboxylic acids is 1. The molecule has 2 aromatic rings. The predicted molar refractivity (Wildman–Crippen MR) is 102 cm³/mol. The van der Waals surface area contributed by atoms with Crippen molar-refractivity contribution in [3.8, 4) is 0 Å². The van der Waals surface area contributed by atoms with Crippen LogP contribution in [0.4, 0.5) is 0 Å². The smallest absolute Gasteiger partial charge is 0.273 e. The van der Waals surface area contributed by atoms with Crippen molar-refractivity contribution in [1.82, 2.24) is 15.3 Å². The standard InChI is InChI=1S/C21H24ClN3O/c1-12(21-9-13-6-14(10-21)8-15(7-13)11-21)23-20(26)18-19(22)25-17-5-3-2-4-16(17)24-18/h2-5,12-15H,6-11H2,1H3,(H,23,26). The Balaban J connectivity index is 1.39. The fourth-order valence-corrected chi connectivity index (χ4v) is 6.47. The monoisotopic (exact) mass is 369 g/mol. The molecule has 0 aliphatic heterocycles. The fourth-order valence-electron chi connectivity index (χ4n) is 6.25. The van der Waals surface area contributed by atoms with E-state index in [1.807, 2.05) is 24.3 Å². The Kier molecular flexibility index (Phi) is 3.75. The van der Waals surface area contributed by atoms with Gasteiger partial charge < -0.3 is 5.32 Å².